The Morgan fingerprint density at radius 1 is 1.25 bits per heavy atom. The molecule has 0 saturated carbocycles. The van der Waals surface area contributed by atoms with Gasteiger partial charge in [0.15, 0.2) is 0 Å². The van der Waals surface area contributed by atoms with Crippen LogP contribution in [0.15, 0.2) is 48.7 Å². The normalized spacial score (nSPS) is 12.5. The average Bonchev–Trinajstić information content (AvgIpc) is 2.53. The summed E-state index contributed by atoms with van der Waals surface area (Å²) in [5.74, 6) is 1.00. The lowest BCUT2D eigenvalue weighted by Crippen LogP contribution is -2.36. The van der Waals surface area contributed by atoms with Crippen molar-refractivity contribution in [3.05, 3.63) is 54.4 Å². The van der Waals surface area contributed by atoms with Crippen LogP contribution in [0.5, 0.6) is 11.5 Å². The second-order valence-corrected chi connectivity index (χ2v) is 6.69. The SMILES string of the molecule is CC(O)CC(C)(C)CNC(=O)c1cc(Oc2ccccc2)ccn1. The van der Waals surface area contributed by atoms with E-state index in [1.807, 2.05) is 44.2 Å². The molecular formula is C19H24N2O3. The zero-order valence-electron chi connectivity index (χ0n) is 14.3. The molecule has 24 heavy (non-hydrogen) atoms. The number of aromatic nitrogens is 1. The number of nitrogens with one attached hydrogen (secondary N) is 1. The van der Waals surface area contributed by atoms with Gasteiger partial charge in [-0.15, -0.1) is 0 Å². The first-order valence-corrected chi connectivity index (χ1v) is 8.01. The van der Waals surface area contributed by atoms with Gasteiger partial charge in [0.05, 0.1) is 6.10 Å². The molecule has 2 aromatic rings. The number of para-hydroxylation sites is 1. The van der Waals surface area contributed by atoms with Gasteiger partial charge in [-0.05, 0) is 37.0 Å². The number of rotatable bonds is 7. The molecule has 1 unspecified atom stereocenters. The number of pyridine rings is 1. The molecular weight excluding hydrogens is 304 g/mol. The van der Waals surface area contributed by atoms with Crippen molar-refractivity contribution in [2.75, 3.05) is 6.54 Å². The van der Waals surface area contributed by atoms with Crippen molar-refractivity contribution < 1.29 is 14.6 Å². The molecule has 2 N–H and O–H groups in total. The van der Waals surface area contributed by atoms with Crippen LogP contribution >= 0.6 is 0 Å². The first kappa shape index (κ1) is 17.9. The van der Waals surface area contributed by atoms with Gasteiger partial charge in [0.2, 0.25) is 0 Å². The maximum atomic E-state index is 12.3. The summed E-state index contributed by atoms with van der Waals surface area (Å²) >= 11 is 0. The average molecular weight is 328 g/mol. The molecule has 1 aromatic heterocycles. The van der Waals surface area contributed by atoms with E-state index in [2.05, 4.69) is 10.3 Å². The Bertz CT molecular complexity index is 669. The fourth-order valence-corrected chi connectivity index (χ4v) is 2.51. The zero-order valence-corrected chi connectivity index (χ0v) is 14.3. The Labute approximate surface area is 142 Å². The first-order valence-electron chi connectivity index (χ1n) is 8.01. The number of hydrogen-bond acceptors (Lipinski definition) is 4. The molecule has 0 radical (unpaired) electrons. The molecule has 0 bridgehead atoms. The van der Waals surface area contributed by atoms with E-state index in [9.17, 15) is 9.90 Å². The van der Waals surface area contributed by atoms with Gasteiger partial charge >= 0.3 is 0 Å². The van der Waals surface area contributed by atoms with Crippen molar-refractivity contribution in [3.63, 3.8) is 0 Å². The van der Waals surface area contributed by atoms with Gasteiger partial charge in [-0.3, -0.25) is 9.78 Å². The third kappa shape index (κ3) is 5.66. The highest BCUT2D eigenvalue weighted by Crippen LogP contribution is 2.22. The molecule has 128 valence electrons. The third-order valence-electron chi connectivity index (χ3n) is 3.52. The number of benzene rings is 1. The van der Waals surface area contributed by atoms with E-state index >= 15 is 0 Å². The minimum absolute atomic E-state index is 0.192. The molecule has 0 saturated heterocycles. The molecule has 0 aliphatic rings. The van der Waals surface area contributed by atoms with Crippen LogP contribution in [-0.4, -0.2) is 28.6 Å². The van der Waals surface area contributed by atoms with Crippen molar-refractivity contribution >= 4 is 5.91 Å². The van der Waals surface area contributed by atoms with E-state index in [1.165, 1.54) is 0 Å². The molecule has 0 spiro atoms. The van der Waals surface area contributed by atoms with Gasteiger partial charge in [0.1, 0.15) is 17.2 Å². The van der Waals surface area contributed by atoms with Crippen LogP contribution in [0.4, 0.5) is 0 Å². The lowest BCUT2D eigenvalue weighted by Gasteiger charge is -2.26. The molecule has 1 amide bonds. The summed E-state index contributed by atoms with van der Waals surface area (Å²) in [6.45, 7) is 6.21. The number of aliphatic hydroxyl groups is 1. The van der Waals surface area contributed by atoms with E-state index in [0.717, 1.165) is 0 Å². The molecule has 1 heterocycles. The number of nitrogens with zero attached hydrogens (tertiary/aromatic N) is 1. The molecule has 1 atom stereocenters. The van der Waals surface area contributed by atoms with Crippen LogP contribution in [0.3, 0.4) is 0 Å². The second-order valence-electron chi connectivity index (χ2n) is 6.69. The van der Waals surface area contributed by atoms with Crippen LogP contribution in [-0.2, 0) is 0 Å². The Morgan fingerprint density at radius 2 is 1.96 bits per heavy atom. The number of carbonyl (C=O) groups excluding carboxylic acids is 1. The highest BCUT2D eigenvalue weighted by Gasteiger charge is 2.21. The first-order chi connectivity index (χ1) is 11.4. The van der Waals surface area contributed by atoms with Gasteiger partial charge in [0.25, 0.3) is 5.91 Å². The maximum absolute atomic E-state index is 12.3. The van der Waals surface area contributed by atoms with Crippen molar-refractivity contribution in [2.24, 2.45) is 5.41 Å². The molecule has 5 nitrogen and oxygen atoms in total. The Balaban J connectivity index is 1.99. The van der Waals surface area contributed by atoms with Gasteiger partial charge in [0, 0.05) is 18.8 Å². The lowest BCUT2D eigenvalue weighted by atomic mass is 9.87. The van der Waals surface area contributed by atoms with Gasteiger partial charge in [-0.2, -0.15) is 0 Å². The zero-order chi connectivity index (χ0) is 17.6. The fourth-order valence-electron chi connectivity index (χ4n) is 2.51. The Kier molecular flexibility index (Phi) is 5.93. The summed E-state index contributed by atoms with van der Waals surface area (Å²) in [6, 6.07) is 12.7. The summed E-state index contributed by atoms with van der Waals surface area (Å²) < 4.78 is 5.71. The molecule has 0 aliphatic carbocycles. The minimum Gasteiger partial charge on any atom is -0.457 e. The van der Waals surface area contributed by atoms with Crippen molar-refractivity contribution in [2.45, 2.75) is 33.3 Å². The topological polar surface area (TPSA) is 71.5 Å². The van der Waals surface area contributed by atoms with E-state index in [4.69, 9.17) is 4.74 Å². The summed E-state index contributed by atoms with van der Waals surface area (Å²) in [5, 5.41) is 12.4. The molecule has 2 rings (SSSR count). The second kappa shape index (κ2) is 7.93. The Hall–Kier alpha value is -2.40. The van der Waals surface area contributed by atoms with Gasteiger partial charge in [-0.25, -0.2) is 0 Å². The van der Waals surface area contributed by atoms with E-state index in [-0.39, 0.29) is 11.3 Å². The Morgan fingerprint density at radius 3 is 2.62 bits per heavy atom. The monoisotopic (exact) mass is 328 g/mol. The number of amides is 1. The summed E-state index contributed by atoms with van der Waals surface area (Å²) in [6.07, 6.45) is 1.75. The van der Waals surface area contributed by atoms with Crippen LogP contribution < -0.4 is 10.1 Å². The van der Waals surface area contributed by atoms with Crippen LogP contribution in [0.1, 0.15) is 37.7 Å². The van der Waals surface area contributed by atoms with Crippen molar-refractivity contribution in [3.8, 4) is 11.5 Å². The fraction of sp³-hybridized carbons (Fsp3) is 0.368. The van der Waals surface area contributed by atoms with E-state index in [0.29, 0.717) is 30.2 Å². The van der Waals surface area contributed by atoms with Gasteiger partial charge in [-0.1, -0.05) is 32.0 Å². The summed E-state index contributed by atoms with van der Waals surface area (Å²) in [4.78, 5) is 16.4. The minimum atomic E-state index is -0.405. The van der Waals surface area contributed by atoms with Crippen LogP contribution in [0, 0.1) is 5.41 Å². The summed E-state index contributed by atoms with van der Waals surface area (Å²) in [5.41, 5.74) is 0.110. The van der Waals surface area contributed by atoms with Crippen LogP contribution in [0.25, 0.3) is 0 Å². The quantitative estimate of drug-likeness (QED) is 0.817. The number of hydrogen-bond donors (Lipinski definition) is 2. The smallest absolute Gasteiger partial charge is 0.270 e. The largest absolute Gasteiger partial charge is 0.457 e. The number of aliphatic hydroxyl groups excluding tert-OH is 1. The number of ether oxygens (including phenoxy) is 1. The standard InChI is InChI=1S/C19H24N2O3/c1-14(22)12-19(2,3)13-21-18(23)17-11-16(9-10-20-17)24-15-7-5-4-6-8-15/h4-11,14,22H,12-13H2,1-3H3,(H,21,23). The predicted molar refractivity (Wildman–Crippen MR) is 93.2 cm³/mol. The molecule has 5 heteroatoms. The predicted octanol–water partition coefficient (Wildman–Crippen LogP) is 3.40. The number of carbonyl (C=O) groups is 1. The summed E-state index contributed by atoms with van der Waals surface area (Å²) in [7, 11) is 0. The third-order valence-corrected chi connectivity index (χ3v) is 3.52. The molecule has 0 fully saturated rings. The molecule has 1 aromatic carbocycles. The van der Waals surface area contributed by atoms with E-state index in [1.54, 1.807) is 25.3 Å². The highest BCUT2D eigenvalue weighted by atomic mass is 16.5. The van der Waals surface area contributed by atoms with Crippen molar-refractivity contribution in [1.82, 2.24) is 10.3 Å². The molecule has 0 aliphatic heterocycles. The lowest BCUT2D eigenvalue weighted by molar-refractivity contribution is 0.0897. The highest BCUT2D eigenvalue weighted by molar-refractivity contribution is 5.92. The van der Waals surface area contributed by atoms with Crippen LogP contribution in [0.2, 0.25) is 0 Å². The van der Waals surface area contributed by atoms with Crippen molar-refractivity contribution in [1.29, 1.82) is 0 Å². The van der Waals surface area contributed by atoms with E-state index < -0.39 is 6.10 Å². The maximum Gasteiger partial charge on any atom is 0.270 e. The van der Waals surface area contributed by atoms with Gasteiger partial charge < -0.3 is 15.2 Å².